The van der Waals surface area contributed by atoms with Crippen LogP contribution in [0.2, 0.25) is 0 Å². The van der Waals surface area contributed by atoms with Gasteiger partial charge in [-0.25, -0.2) is 0 Å². The molecule has 4 nitrogen and oxygen atoms in total. The Labute approximate surface area is 126 Å². The number of amides is 1. The van der Waals surface area contributed by atoms with Gasteiger partial charge in [-0.2, -0.15) is 11.8 Å². The predicted molar refractivity (Wildman–Crippen MR) is 87.6 cm³/mol. The van der Waals surface area contributed by atoms with Crippen molar-refractivity contribution in [3.8, 4) is 0 Å². The number of aromatic nitrogens is 1. The van der Waals surface area contributed by atoms with Gasteiger partial charge >= 0.3 is 0 Å². The molecule has 0 aliphatic carbocycles. The Hall–Kier alpha value is -1.23. The van der Waals surface area contributed by atoms with Crippen molar-refractivity contribution in [2.75, 3.05) is 30.4 Å². The summed E-state index contributed by atoms with van der Waals surface area (Å²) in [4.78, 5) is 18.3. The number of anilines is 1. The van der Waals surface area contributed by atoms with E-state index in [-0.39, 0.29) is 5.91 Å². The molecule has 1 heterocycles. The number of nitrogens with one attached hydrogen (secondary N) is 1. The van der Waals surface area contributed by atoms with E-state index < -0.39 is 0 Å². The number of thioether (sulfide) groups is 1. The maximum atomic E-state index is 12.3. The van der Waals surface area contributed by atoms with E-state index in [1.165, 1.54) is 0 Å². The molecule has 1 aromatic rings. The van der Waals surface area contributed by atoms with Crippen molar-refractivity contribution in [1.29, 1.82) is 0 Å². The third-order valence-electron chi connectivity index (χ3n) is 3.26. The van der Waals surface area contributed by atoms with E-state index in [1.807, 2.05) is 37.7 Å². The number of pyridine rings is 1. The lowest BCUT2D eigenvalue weighted by Gasteiger charge is -2.20. The first-order valence-corrected chi connectivity index (χ1v) is 8.56. The van der Waals surface area contributed by atoms with Crippen LogP contribution in [0.25, 0.3) is 0 Å². The number of hydrogen-bond acceptors (Lipinski definition) is 4. The SMILES string of the molecule is CCC(CSC)Nc1ccnc(C(=O)N(CC)CC)c1. The summed E-state index contributed by atoms with van der Waals surface area (Å²) in [5, 5.41) is 3.47. The number of nitrogens with zero attached hydrogens (tertiary/aromatic N) is 2. The summed E-state index contributed by atoms with van der Waals surface area (Å²) in [7, 11) is 0. The molecule has 5 heteroatoms. The topological polar surface area (TPSA) is 45.2 Å². The predicted octanol–water partition coefficient (Wildman–Crippen LogP) is 3.12. The van der Waals surface area contributed by atoms with Crippen molar-refractivity contribution in [2.24, 2.45) is 0 Å². The minimum Gasteiger partial charge on any atom is -0.381 e. The van der Waals surface area contributed by atoms with Crippen LogP contribution in [0.5, 0.6) is 0 Å². The van der Waals surface area contributed by atoms with E-state index in [4.69, 9.17) is 0 Å². The molecule has 0 aliphatic rings. The van der Waals surface area contributed by atoms with Crippen LogP contribution < -0.4 is 5.32 Å². The van der Waals surface area contributed by atoms with Crippen LogP contribution in [0.4, 0.5) is 5.69 Å². The standard InChI is InChI=1S/C15H25N3OS/c1-5-12(11-20-4)17-13-8-9-16-14(10-13)15(19)18(6-2)7-3/h8-10,12H,5-7,11H2,1-4H3,(H,16,17). The molecule has 1 atom stereocenters. The molecule has 1 rings (SSSR count). The van der Waals surface area contributed by atoms with Gasteiger partial charge in [-0.05, 0) is 38.7 Å². The lowest BCUT2D eigenvalue weighted by Crippen LogP contribution is -2.31. The van der Waals surface area contributed by atoms with E-state index in [2.05, 4.69) is 23.5 Å². The van der Waals surface area contributed by atoms with Gasteiger partial charge in [0.15, 0.2) is 0 Å². The van der Waals surface area contributed by atoms with Gasteiger partial charge < -0.3 is 10.2 Å². The van der Waals surface area contributed by atoms with Crippen molar-refractivity contribution in [3.05, 3.63) is 24.0 Å². The fourth-order valence-corrected chi connectivity index (χ4v) is 2.73. The highest BCUT2D eigenvalue weighted by Gasteiger charge is 2.14. The zero-order chi connectivity index (χ0) is 15.0. The highest BCUT2D eigenvalue weighted by Crippen LogP contribution is 2.14. The minimum absolute atomic E-state index is 0.00318. The molecule has 0 fully saturated rings. The van der Waals surface area contributed by atoms with Crippen LogP contribution in [0.15, 0.2) is 18.3 Å². The summed E-state index contributed by atoms with van der Waals surface area (Å²) >= 11 is 1.82. The second-order valence-electron chi connectivity index (χ2n) is 4.61. The molecule has 1 aromatic heterocycles. The molecule has 0 aromatic carbocycles. The van der Waals surface area contributed by atoms with Crippen LogP contribution >= 0.6 is 11.8 Å². The molecule has 20 heavy (non-hydrogen) atoms. The van der Waals surface area contributed by atoms with Gasteiger partial charge in [0.25, 0.3) is 5.91 Å². The second kappa shape index (κ2) is 8.84. The lowest BCUT2D eigenvalue weighted by molar-refractivity contribution is 0.0767. The molecule has 0 aliphatic heterocycles. The monoisotopic (exact) mass is 295 g/mol. The number of hydrogen-bond donors (Lipinski definition) is 1. The normalized spacial score (nSPS) is 12.0. The molecule has 1 amide bonds. The van der Waals surface area contributed by atoms with Gasteiger partial charge in [0.05, 0.1) is 0 Å². The lowest BCUT2D eigenvalue weighted by atomic mass is 10.2. The zero-order valence-corrected chi connectivity index (χ0v) is 13.7. The average molecular weight is 295 g/mol. The van der Waals surface area contributed by atoms with E-state index in [9.17, 15) is 4.79 Å². The fraction of sp³-hybridized carbons (Fsp3) is 0.600. The highest BCUT2D eigenvalue weighted by molar-refractivity contribution is 7.98. The number of rotatable bonds is 8. The summed E-state index contributed by atoms with van der Waals surface area (Å²) in [5.41, 5.74) is 1.48. The quantitative estimate of drug-likeness (QED) is 0.800. The van der Waals surface area contributed by atoms with Crippen molar-refractivity contribution in [2.45, 2.75) is 33.2 Å². The van der Waals surface area contributed by atoms with Gasteiger partial charge in [0.2, 0.25) is 0 Å². The van der Waals surface area contributed by atoms with Crippen molar-refractivity contribution < 1.29 is 4.79 Å². The third kappa shape index (κ3) is 4.71. The Morgan fingerprint density at radius 2 is 2.10 bits per heavy atom. The first kappa shape index (κ1) is 16.8. The molecular weight excluding hydrogens is 270 g/mol. The minimum atomic E-state index is -0.00318. The maximum absolute atomic E-state index is 12.3. The van der Waals surface area contributed by atoms with Gasteiger partial charge in [0.1, 0.15) is 5.69 Å². The van der Waals surface area contributed by atoms with E-state index in [0.29, 0.717) is 24.8 Å². The largest absolute Gasteiger partial charge is 0.381 e. The summed E-state index contributed by atoms with van der Waals surface area (Å²) in [6.45, 7) is 7.54. The molecule has 0 bridgehead atoms. The van der Waals surface area contributed by atoms with Gasteiger partial charge in [-0.3, -0.25) is 9.78 Å². The van der Waals surface area contributed by atoms with E-state index >= 15 is 0 Å². The van der Waals surface area contributed by atoms with Crippen LogP contribution in [-0.4, -0.2) is 46.9 Å². The Morgan fingerprint density at radius 1 is 1.40 bits per heavy atom. The molecule has 0 saturated heterocycles. The Bertz CT molecular complexity index is 421. The van der Waals surface area contributed by atoms with E-state index in [0.717, 1.165) is 17.9 Å². The van der Waals surface area contributed by atoms with Gasteiger partial charge in [-0.15, -0.1) is 0 Å². The molecule has 1 unspecified atom stereocenters. The molecule has 0 radical (unpaired) electrons. The maximum Gasteiger partial charge on any atom is 0.272 e. The molecule has 0 saturated carbocycles. The summed E-state index contributed by atoms with van der Waals surface area (Å²) in [6.07, 6.45) is 4.86. The summed E-state index contributed by atoms with van der Waals surface area (Å²) in [6, 6.07) is 4.19. The van der Waals surface area contributed by atoms with Crippen LogP contribution in [0.1, 0.15) is 37.7 Å². The Morgan fingerprint density at radius 3 is 2.65 bits per heavy atom. The van der Waals surface area contributed by atoms with Crippen LogP contribution in [0, 0.1) is 0 Å². The molecule has 112 valence electrons. The smallest absolute Gasteiger partial charge is 0.272 e. The summed E-state index contributed by atoms with van der Waals surface area (Å²) in [5.74, 6) is 1.05. The van der Waals surface area contributed by atoms with Crippen molar-refractivity contribution in [1.82, 2.24) is 9.88 Å². The van der Waals surface area contributed by atoms with Crippen molar-refractivity contribution >= 4 is 23.4 Å². The third-order valence-corrected chi connectivity index (χ3v) is 4.00. The number of carbonyl (C=O) groups excluding carboxylic acids is 1. The Kier molecular flexibility index (Phi) is 7.44. The molecular formula is C15H25N3OS. The van der Waals surface area contributed by atoms with Crippen molar-refractivity contribution in [3.63, 3.8) is 0 Å². The van der Waals surface area contributed by atoms with Gasteiger partial charge in [-0.1, -0.05) is 6.92 Å². The van der Waals surface area contributed by atoms with Crippen LogP contribution in [0.3, 0.4) is 0 Å². The zero-order valence-electron chi connectivity index (χ0n) is 12.8. The molecule has 0 spiro atoms. The van der Waals surface area contributed by atoms with Gasteiger partial charge in [0, 0.05) is 36.8 Å². The highest BCUT2D eigenvalue weighted by atomic mass is 32.2. The van der Waals surface area contributed by atoms with Crippen LogP contribution in [-0.2, 0) is 0 Å². The first-order valence-electron chi connectivity index (χ1n) is 7.16. The number of carbonyl (C=O) groups is 1. The second-order valence-corrected chi connectivity index (χ2v) is 5.52. The average Bonchev–Trinajstić information content (AvgIpc) is 2.48. The summed E-state index contributed by atoms with van der Waals surface area (Å²) < 4.78 is 0. The fourth-order valence-electron chi connectivity index (χ4n) is 2.01. The first-order chi connectivity index (χ1) is 9.65. The Balaban J connectivity index is 2.82. The molecule has 1 N–H and O–H groups in total. The van der Waals surface area contributed by atoms with E-state index in [1.54, 1.807) is 11.1 Å².